The molecule has 8 nitrogen and oxygen atoms in total. The van der Waals surface area contributed by atoms with E-state index in [9.17, 15) is 14.4 Å². The van der Waals surface area contributed by atoms with Gasteiger partial charge in [-0.1, -0.05) is 63.2 Å². The summed E-state index contributed by atoms with van der Waals surface area (Å²) >= 11 is 0. The van der Waals surface area contributed by atoms with Gasteiger partial charge in [-0.25, -0.2) is 0 Å². The van der Waals surface area contributed by atoms with Crippen LogP contribution in [0.15, 0.2) is 83.9 Å². The summed E-state index contributed by atoms with van der Waals surface area (Å²) in [5.41, 5.74) is 3.33. The summed E-state index contributed by atoms with van der Waals surface area (Å²) in [5.74, 6) is 0.183. The molecule has 46 heavy (non-hydrogen) atoms. The molecule has 2 amide bonds. The third-order valence-corrected chi connectivity index (χ3v) is 9.74. The second-order valence-electron chi connectivity index (χ2n) is 14.0. The SMILES string of the molecule is CC(C)(C)C1CCC2(C1)N=C(c1ccc(OCc3ccccc3)cc1)C(=O)N2[C@@H](c1ccc(C(=O)NCCC(=O)O)cc1)C1CC1. The molecule has 0 saturated heterocycles. The van der Waals surface area contributed by atoms with Gasteiger partial charge in [0.25, 0.3) is 11.8 Å². The lowest BCUT2D eigenvalue weighted by molar-refractivity contribution is -0.137. The number of hydrogen-bond acceptors (Lipinski definition) is 5. The quantitative estimate of drug-likeness (QED) is 0.245. The largest absolute Gasteiger partial charge is 0.489 e. The molecule has 2 saturated carbocycles. The topological polar surface area (TPSA) is 108 Å². The number of carbonyl (C=O) groups is 3. The van der Waals surface area contributed by atoms with Crippen LogP contribution in [-0.4, -0.2) is 45.7 Å². The molecule has 2 aliphatic carbocycles. The smallest absolute Gasteiger partial charge is 0.305 e. The van der Waals surface area contributed by atoms with Crippen LogP contribution in [0.25, 0.3) is 0 Å². The Kier molecular flexibility index (Phi) is 8.73. The zero-order valence-electron chi connectivity index (χ0n) is 26.9. The van der Waals surface area contributed by atoms with E-state index in [1.165, 1.54) is 0 Å². The molecule has 3 aromatic rings. The third kappa shape index (κ3) is 6.71. The molecule has 1 heterocycles. The lowest BCUT2D eigenvalue weighted by atomic mass is 9.79. The van der Waals surface area contributed by atoms with E-state index < -0.39 is 11.6 Å². The number of nitrogens with zero attached hydrogens (tertiary/aromatic N) is 2. The summed E-state index contributed by atoms with van der Waals surface area (Å²) in [4.78, 5) is 45.5. The van der Waals surface area contributed by atoms with Crippen molar-refractivity contribution in [1.82, 2.24) is 10.2 Å². The van der Waals surface area contributed by atoms with Crippen molar-refractivity contribution in [2.24, 2.45) is 22.2 Å². The Bertz CT molecular complexity index is 1610. The van der Waals surface area contributed by atoms with Gasteiger partial charge in [0.05, 0.1) is 12.5 Å². The predicted octanol–water partition coefficient (Wildman–Crippen LogP) is 6.80. The highest BCUT2D eigenvalue weighted by molar-refractivity contribution is 6.46. The van der Waals surface area contributed by atoms with Gasteiger partial charge in [-0.2, -0.15) is 0 Å². The molecule has 0 bridgehead atoms. The first-order valence-electron chi connectivity index (χ1n) is 16.3. The zero-order valence-corrected chi connectivity index (χ0v) is 26.9. The van der Waals surface area contributed by atoms with Gasteiger partial charge in [0, 0.05) is 17.7 Å². The average Bonchev–Trinajstić information content (AvgIpc) is 3.72. The molecule has 2 fully saturated rings. The highest BCUT2D eigenvalue weighted by Crippen LogP contribution is 2.56. The zero-order chi connectivity index (χ0) is 32.5. The molecule has 3 aromatic carbocycles. The standard InChI is InChI=1S/C38H43N3O5/c1-37(2,3)30-19-21-38(23-30)40-33(26-15-17-31(18-16-26)46-24-25-7-5-4-6-8-25)36(45)41(38)34(27-9-10-27)28-11-13-29(14-12-28)35(44)39-22-20-32(42)43/h4-8,11-18,27,30,34H,9-10,19-24H2,1-3H3,(H,39,44)(H,42,43)/t30?,34-,38?/m1/s1. The second-order valence-corrected chi connectivity index (χ2v) is 14.0. The van der Waals surface area contributed by atoms with Crippen LogP contribution in [0, 0.1) is 17.3 Å². The van der Waals surface area contributed by atoms with Crippen LogP contribution >= 0.6 is 0 Å². The van der Waals surface area contributed by atoms with Crippen molar-refractivity contribution in [2.75, 3.05) is 6.54 Å². The number of rotatable bonds is 11. The summed E-state index contributed by atoms with van der Waals surface area (Å²) in [7, 11) is 0. The maximum Gasteiger partial charge on any atom is 0.305 e. The fraction of sp³-hybridized carbons (Fsp3) is 0.421. The van der Waals surface area contributed by atoms with Gasteiger partial charge in [0.2, 0.25) is 0 Å². The molecular formula is C38H43N3O5. The fourth-order valence-electron chi connectivity index (χ4n) is 6.96. The highest BCUT2D eigenvalue weighted by atomic mass is 16.5. The van der Waals surface area contributed by atoms with E-state index in [0.717, 1.165) is 54.5 Å². The first-order chi connectivity index (χ1) is 22.0. The van der Waals surface area contributed by atoms with E-state index >= 15 is 0 Å². The number of benzene rings is 3. The maximum absolute atomic E-state index is 14.6. The molecule has 0 aromatic heterocycles. The van der Waals surface area contributed by atoms with Gasteiger partial charge in [-0.3, -0.25) is 19.4 Å². The van der Waals surface area contributed by atoms with Crippen molar-refractivity contribution in [1.29, 1.82) is 0 Å². The molecule has 8 heteroatoms. The number of aliphatic carboxylic acids is 1. The number of amides is 2. The summed E-state index contributed by atoms with van der Waals surface area (Å²) in [5, 5.41) is 11.6. The van der Waals surface area contributed by atoms with Crippen LogP contribution in [0.5, 0.6) is 5.75 Å². The van der Waals surface area contributed by atoms with Gasteiger partial charge in [0.15, 0.2) is 0 Å². The molecule has 1 spiro atoms. The molecule has 2 unspecified atom stereocenters. The first-order valence-corrected chi connectivity index (χ1v) is 16.3. The summed E-state index contributed by atoms with van der Waals surface area (Å²) in [6.45, 7) is 7.36. The minimum absolute atomic E-state index is 0.0418. The summed E-state index contributed by atoms with van der Waals surface area (Å²) in [6, 6.07) is 25.0. The van der Waals surface area contributed by atoms with Crippen molar-refractivity contribution in [3.63, 3.8) is 0 Å². The van der Waals surface area contributed by atoms with E-state index in [-0.39, 0.29) is 36.2 Å². The van der Waals surface area contributed by atoms with Crippen LogP contribution in [0.2, 0.25) is 0 Å². The number of carbonyl (C=O) groups excluding carboxylic acids is 2. The fourth-order valence-corrected chi connectivity index (χ4v) is 6.96. The third-order valence-electron chi connectivity index (χ3n) is 9.74. The molecular weight excluding hydrogens is 578 g/mol. The lowest BCUT2D eigenvalue weighted by Crippen LogP contribution is -2.48. The van der Waals surface area contributed by atoms with E-state index in [2.05, 4.69) is 31.0 Å². The van der Waals surface area contributed by atoms with Crippen molar-refractivity contribution in [3.8, 4) is 5.75 Å². The van der Waals surface area contributed by atoms with Crippen LogP contribution in [0.1, 0.15) is 92.4 Å². The number of aliphatic imine (C=N–C) groups is 1. The van der Waals surface area contributed by atoms with Gasteiger partial charge in [-0.05, 0) is 96.9 Å². The predicted molar refractivity (Wildman–Crippen MR) is 177 cm³/mol. The second kappa shape index (κ2) is 12.7. The number of nitrogens with one attached hydrogen (secondary N) is 1. The van der Waals surface area contributed by atoms with Crippen molar-refractivity contribution < 1.29 is 24.2 Å². The Hall–Kier alpha value is -4.46. The van der Waals surface area contributed by atoms with Gasteiger partial charge in [0.1, 0.15) is 23.7 Å². The van der Waals surface area contributed by atoms with E-state index in [0.29, 0.717) is 29.7 Å². The molecule has 0 radical (unpaired) electrons. The monoisotopic (exact) mass is 621 g/mol. The van der Waals surface area contributed by atoms with E-state index in [1.807, 2.05) is 66.7 Å². The minimum atomic E-state index is -0.957. The normalized spacial score (nSPS) is 21.7. The number of carboxylic acids is 1. The van der Waals surface area contributed by atoms with Crippen LogP contribution < -0.4 is 10.1 Å². The summed E-state index contributed by atoms with van der Waals surface area (Å²) < 4.78 is 6.01. The highest BCUT2D eigenvalue weighted by Gasteiger charge is 2.57. The van der Waals surface area contributed by atoms with Crippen LogP contribution in [0.4, 0.5) is 0 Å². The number of hydrogen-bond donors (Lipinski definition) is 2. The molecule has 1 aliphatic heterocycles. The van der Waals surface area contributed by atoms with Crippen molar-refractivity contribution in [2.45, 2.75) is 77.6 Å². The van der Waals surface area contributed by atoms with Crippen LogP contribution in [-0.2, 0) is 16.2 Å². The molecule has 3 atom stereocenters. The number of carboxylic acid groups (broad SMARTS) is 1. The van der Waals surface area contributed by atoms with Crippen molar-refractivity contribution >= 4 is 23.5 Å². The Labute approximate surface area is 270 Å². The Morgan fingerprint density at radius 3 is 2.30 bits per heavy atom. The average molecular weight is 622 g/mol. The van der Waals surface area contributed by atoms with Gasteiger partial charge < -0.3 is 20.1 Å². The van der Waals surface area contributed by atoms with Gasteiger partial charge >= 0.3 is 5.97 Å². The Balaban J connectivity index is 1.27. The summed E-state index contributed by atoms with van der Waals surface area (Å²) in [6.07, 6.45) is 4.57. The molecule has 2 N–H and O–H groups in total. The lowest BCUT2D eigenvalue weighted by Gasteiger charge is -2.41. The molecule has 6 rings (SSSR count). The Morgan fingerprint density at radius 2 is 1.70 bits per heavy atom. The molecule has 240 valence electrons. The van der Waals surface area contributed by atoms with Gasteiger partial charge in [-0.15, -0.1) is 0 Å². The van der Waals surface area contributed by atoms with E-state index in [4.69, 9.17) is 14.8 Å². The van der Waals surface area contributed by atoms with E-state index in [1.54, 1.807) is 12.1 Å². The van der Waals surface area contributed by atoms with Crippen molar-refractivity contribution in [3.05, 3.63) is 101 Å². The number of ether oxygens (including phenoxy) is 1. The first kappa shape index (κ1) is 31.5. The minimum Gasteiger partial charge on any atom is -0.489 e. The Morgan fingerprint density at radius 1 is 1.00 bits per heavy atom. The molecule has 3 aliphatic rings. The maximum atomic E-state index is 14.6. The van der Waals surface area contributed by atoms with Crippen LogP contribution in [0.3, 0.4) is 0 Å².